The van der Waals surface area contributed by atoms with E-state index in [9.17, 15) is 9.59 Å². The number of aromatic nitrogens is 3. The molecule has 150 valence electrons. The molecule has 0 saturated heterocycles. The largest absolute Gasteiger partial charge is 0.336 e. The van der Waals surface area contributed by atoms with E-state index in [1.165, 1.54) is 29.5 Å². The maximum Gasteiger partial charge on any atom is 0.244 e. The summed E-state index contributed by atoms with van der Waals surface area (Å²) in [6.07, 6.45) is 4.29. The van der Waals surface area contributed by atoms with Crippen LogP contribution in [0, 0.1) is 0 Å². The molecule has 2 amide bonds. The fourth-order valence-corrected chi connectivity index (χ4v) is 4.33. The lowest BCUT2D eigenvalue weighted by molar-refractivity contribution is -0.131. The van der Waals surface area contributed by atoms with Crippen LogP contribution in [0.25, 0.3) is 0 Å². The molecule has 1 fully saturated rings. The molecule has 0 unspecified atom stereocenters. The van der Waals surface area contributed by atoms with Crippen LogP contribution in [0.5, 0.6) is 0 Å². The number of carbonyl (C=O) groups excluding carboxylic acids is 2. The van der Waals surface area contributed by atoms with Gasteiger partial charge in [0, 0.05) is 24.4 Å². The molecular formula is C19H25N5O2S2. The first-order chi connectivity index (χ1) is 13.5. The minimum absolute atomic E-state index is 0.00982. The minimum atomic E-state index is -0.213. The zero-order valence-corrected chi connectivity index (χ0v) is 18.0. The van der Waals surface area contributed by atoms with Crippen LogP contribution in [0.3, 0.4) is 0 Å². The number of anilines is 1. The second-order valence-electron chi connectivity index (χ2n) is 6.65. The number of rotatable bonds is 9. The number of hydrogen-bond acceptors (Lipinski definition) is 6. The van der Waals surface area contributed by atoms with Crippen molar-refractivity contribution in [2.24, 2.45) is 0 Å². The topological polar surface area (TPSA) is 80.1 Å². The van der Waals surface area contributed by atoms with E-state index in [1.807, 2.05) is 30.5 Å². The standard InChI is InChI=1S/C19H25N5O2S2/c1-4-24-18(13-9-10-13)21-22-19(24)28-12-17(26)23(2)11-16(25)20-14-7-5-6-8-15(14)27-3/h5-8,13H,4,9-12H2,1-3H3,(H,20,25). The highest BCUT2D eigenvalue weighted by atomic mass is 32.2. The van der Waals surface area contributed by atoms with Gasteiger partial charge in [0.05, 0.1) is 18.0 Å². The predicted molar refractivity (Wildman–Crippen MR) is 113 cm³/mol. The van der Waals surface area contributed by atoms with E-state index in [2.05, 4.69) is 27.0 Å². The summed E-state index contributed by atoms with van der Waals surface area (Å²) in [5, 5.41) is 12.2. The molecule has 1 aromatic heterocycles. The van der Waals surface area contributed by atoms with Crippen molar-refractivity contribution in [1.29, 1.82) is 0 Å². The molecular weight excluding hydrogens is 394 g/mol. The Balaban J connectivity index is 1.51. The molecule has 3 rings (SSSR count). The molecule has 2 aromatic rings. The molecule has 1 N–H and O–H groups in total. The number of nitrogens with zero attached hydrogens (tertiary/aromatic N) is 4. The number of nitrogens with one attached hydrogen (secondary N) is 1. The lowest BCUT2D eigenvalue weighted by atomic mass is 10.3. The van der Waals surface area contributed by atoms with Crippen molar-refractivity contribution in [2.45, 2.75) is 42.3 Å². The van der Waals surface area contributed by atoms with Crippen molar-refractivity contribution in [3.8, 4) is 0 Å². The van der Waals surface area contributed by atoms with Crippen molar-refractivity contribution in [3.63, 3.8) is 0 Å². The van der Waals surface area contributed by atoms with Gasteiger partial charge in [0.1, 0.15) is 5.82 Å². The summed E-state index contributed by atoms with van der Waals surface area (Å²) < 4.78 is 2.08. The third-order valence-corrected chi connectivity index (χ3v) is 6.26. The van der Waals surface area contributed by atoms with E-state index in [0.29, 0.717) is 5.92 Å². The molecule has 0 radical (unpaired) electrons. The molecule has 9 heteroatoms. The van der Waals surface area contributed by atoms with Gasteiger partial charge < -0.3 is 14.8 Å². The van der Waals surface area contributed by atoms with Crippen molar-refractivity contribution < 1.29 is 9.59 Å². The molecule has 1 saturated carbocycles. The average molecular weight is 420 g/mol. The number of benzene rings is 1. The fraction of sp³-hybridized carbons (Fsp3) is 0.474. The Bertz CT molecular complexity index is 851. The maximum atomic E-state index is 12.4. The van der Waals surface area contributed by atoms with Crippen LogP contribution in [0.1, 0.15) is 31.5 Å². The number of carbonyl (C=O) groups is 2. The van der Waals surface area contributed by atoms with E-state index < -0.39 is 0 Å². The molecule has 7 nitrogen and oxygen atoms in total. The van der Waals surface area contributed by atoms with Crippen LogP contribution < -0.4 is 5.32 Å². The molecule has 0 spiro atoms. The third kappa shape index (κ3) is 5.08. The molecule has 0 atom stereocenters. The van der Waals surface area contributed by atoms with Crippen molar-refractivity contribution in [2.75, 3.05) is 30.9 Å². The van der Waals surface area contributed by atoms with Crippen molar-refractivity contribution in [3.05, 3.63) is 30.1 Å². The van der Waals surface area contributed by atoms with E-state index in [-0.39, 0.29) is 24.1 Å². The van der Waals surface area contributed by atoms with Gasteiger partial charge in [0.25, 0.3) is 0 Å². The summed E-state index contributed by atoms with van der Waals surface area (Å²) in [7, 11) is 1.64. The van der Waals surface area contributed by atoms with Crippen LogP contribution >= 0.6 is 23.5 Å². The first kappa shape index (κ1) is 20.7. The first-order valence-corrected chi connectivity index (χ1v) is 11.5. The number of likely N-dealkylation sites (N-methyl/N-ethyl adjacent to an activating group) is 1. The molecule has 28 heavy (non-hydrogen) atoms. The second kappa shape index (κ2) is 9.47. The molecule has 1 aromatic carbocycles. The van der Waals surface area contributed by atoms with E-state index in [1.54, 1.807) is 18.8 Å². The zero-order chi connectivity index (χ0) is 20.1. The fourth-order valence-electron chi connectivity index (χ4n) is 2.83. The molecule has 1 heterocycles. The monoisotopic (exact) mass is 419 g/mol. The lowest BCUT2D eigenvalue weighted by Crippen LogP contribution is -2.36. The molecule has 0 bridgehead atoms. The third-order valence-electron chi connectivity index (χ3n) is 4.52. The highest BCUT2D eigenvalue weighted by Crippen LogP contribution is 2.40. The highest BCUT2D eigenvalue weighted by molar-refractivity contribution is 7.99. The number of thioether (sulfide) groups is 2. The molecule has 1 aliphatic carbocycles. The van der Waals surface area contributed by atoms with E-state index in [0.717, 1.165) is 28.1 Å². The minimum Gasteiger partial charge on any atom is -0.336 e. The quantitative estimate of drug-likeness (QED) is 0.629. The Labute approximate surface area is 173 Å². The predicted octanol–water partition coefficient (Wildman–Crippen LogP) is 3.09. The van der Waals surface area contributed by atoms with Gasteiger partial charge in [0.2, 0.25) is 11.8 Å². The SMILES string of the molecule is CCn1c(SCC(=O)N(C)CC(=O)Nc2ccccc2SC)nnc1C1CC1. The Morgan fingerprint density at radius 2 is 2.04 bits per heavy atom. The zero-order valence-electron chi connectivity index (χ0n) is 16.3. The first-order valence-electron chi connectivity index (χ1n) is 9.26. The number of hydrogen-bond donors (Lipinski definition) is 1. The average Bonchev–Trinajstić information content (AvgIpc) is 3.45. The van der Waals surface area contributed by atoms with Crippen LogP contribution in [-0.2, 0) is 16.1 Å². The van der Waals surface area contributed by atoms with Gasteiger partial charge in [0.15, 0.2) is 5.16 Å². The number of para-hydroxylation sites is 1. The summed E-state index contributed by atoms with van der Waals surface area (Å²) in [5.74, 6) is 1.45. The van der Waals surface area contributed by atoms with Gasteiger partial charge >= 0.3 is 0 Å². The van der Waals surface area contributed by atoms with Gasteiger partial charge in [-0.1, -0.05) is 23.9 Å². The van der Waals surface area contributed by atoms with Gasteiger partial charge in [-0.3, -0.25) is 9.59 Å². The summed E-state index contributed by atoms with van der Waals surface area (Å²) >= 11 is 2.94. The normalized spacial score (nSPS) is 13.4. The van der Waals surface area contributed by atoms with Gasteiger partial charge in [-0.2, -0.15) is 0 Å². The summed E-state index contributed by atoms with van der Waals surface area (Å²) in [4.78, 5) is 27.2. The van der Waals surface area contributed by atoms with Crippen LogP contribution in [0.4, 0.5) is 5.69 Å². The molecule has 1 aliphatic rings. The van der Waals surface area contributed by atoms with Gasteiger partial charge in [-0.25, -0.2) is 0 Å². The Morgan fingerprint density at radius 3 is 2.71 bits per heavy atom. The van der Waals surface area contributed by atoms with Crippen LogP contribution in [-0.4, -0.2) is 57.1 Å². The van der Waals surface area contributed by atoms with Crippen molar-refractivity contribution in [1.82, 2.24) is 19.7 Å². The lowest BCUT2D eigenvalue weighted by Gasteiger charge is -2.17. The summed E-state index contributed by atoms with van der Waals surface area (Å²) in [6, 6.07) is 7.61. The summed E-state index contributed by atoms with van der Waals surface area (Å²) in [5.41, 5.74) is 0.763. The number of amides is 2. The highest BCUT2D eigenvalue weighted by Gasteiger charge is 2.30. The Hall–Kier alpha value is -2.00. The Kier molecular flexibility index (Phi) is 7.01. The second-order valence-corrected chi connectivity index (χ2v) is 8.44. The van der Waals surface area contributed by atoms with Crippen LogP contribution in [0.15, 0.2) is 34.3 Å². The van der Waals surface area contributed by atoms with Crippen molar-refractivity contribution >= 4 is 41.0 Å². The Morgan fingerprint density at radius 1 is 1.29 bits per heavy atom. The van der Waals surface area contributed by atoms with Gasteiger partial charge in [-0.05, 0) is 38.2 Å². The smallest absolute Gasteiger partial charge is 0.244 e. The van der Waals surface area contributed by atoms with E-state index in [4.69, 9.17) is 0 Å². The van der Waals surface area contributed by atoms with Crippen LogP contribution in [0.2, 0.25) is 0 Å². The maximum absolute atomic E-state index is 12.4. The summed E-state index contributed by atoms with van der Waals surface area (Å²) in [6.45, 7) is 2.86. The van der Waals surface area contributed by atoms with E-state index >= 15 is 0 Å². The van der Waals surface area contributed by atoms with Gasteiger partial charge in [-0.15, -0.1) is 22.0 Å². The molecule has 0 aliphatic heterocycles.